The number of nitrogens with zero attached hydrogens (tertiary/aromatic N) is 1. The number of ether oxygens (including phenoxy) is 2. The van der Waals surface area contributed by atoms with Crippen LogP contribution in [0.2, 0.25) is 0 Å². The predicted octanol–water partition coefficient (Wildman–Crippen LogP) is 1.37. The third kappa shape index (κ3) is 1.89. The van der Waals surface area contributed by atoms with Crippen LogP contribution in [0, 0.1) is 18.8 Å². The lowest BCUT2D eigenvalue weighted by atomic mass is 9.77. The van der Waals surface area contributed by atoms with Gasteiger partial charge in [0.1, 0.15) is 12.2 Å². The van der Waals surface area contributed by atoms with E-state index in [0.717, 1.165) is 5.56 Å². The summed E-state index contributed by atoms with van der Waals surface area (Å²) < 4.78 is 11.0. The van der Waals surface area contributed by atoms with Gasteiger partial charge < -0.3 is 9.47 Å². The third-order valence-corrected chi connectivity index (χ3v) is 5.01. The number of fused-ring (bicyclic) bond motifs is 5. The number of benzene rings is 1. The van der Waals surface area contributed by atoms with Crippen LogP contribution in [0.5, 0.6) is 0 Å². The van der Waals surface area contributed by atoms with Crippen molar-refractivity contribution in [3.8, 4) is 0 Å². The Morgan fingerprint density at radius 3 is 2.75 bits per heavy atom. The van der Waals surface area contributed by atoms with Crippen molar-refractivity contribution < 1.29 is 23.9 Å². The summed E-state index contributed by atoms with van der Waals surface area (Å²) in [6.45, 7) is 3.11. The molecule has 3 aliphatic heterocycles. The van der Waals surface area contributed by atoms with Crippen LogP contribution in [0.1, 0.15) is 12.5 Å². The number of imide groups is 1. The van der Waals surface area contributed by atoms with Gasteiger partial charge in [-0.3, -0.25) is 14.4 Å². The Morgan fingerprint density at radius 1 is 1.29 bits per heavy atom. The first-order valence-corrected chi connectivity index (χ1v) is 7.88. The van der Waals surface area contributed by atoms with Crippen LogP contribution >= 0.6 is 0 Å². The highest BCUT2D eigenvalue weighted by molar-refractivity contribution is 6.23. The van der Waals surface area contributed by atoms with E-state index in [1.165, 1.54) is 11.8 Å². The summed E-state index contributed by atoms with van der Waals surface area (Å²) in [4.78, 5) is 38.4. The van der Waals surface area contributed by atoms with Gasteiger partial charge in [0.2, 0.25) is 11.8 Å². The summed E-state index contributed by atoms with van der Waals surface area (Å²) in [5.41, 5.74) is 0.420. The van der Waals surface area contributed by atoms with E-state index >= 15 is 0 Å². The van der Waals surface area contributed by atoms with Crippen molar-refractivity contribution in [2.75, 3.05) is 11.5 Å². The standard InChI is InChI=1S/C18H17NO5/c1-10-5-3-4-6-12(10)19-16(21)14-13-7-8-18(24-13,9-23-11(2)20)15(14)17(19)22/h3-8,13-15H,9H2,1-2H3/t13-,14-,15-,18+/m0/s1. The number of amides is 2. The molecule has 3 heterocycles. The van der Waals surface area contributed by atoms with Crippen LogP contribution in [-0.4, -0.2) is 36.1 Å². The van der Waals surface area contributed by atoms with Gasteiger partial charge in [0.05, 0.1) is 23.6 Å². The lowest BCUT2D eigenvalue weighted by molar-refractivity contribution is -0.150. The number of hydrogen-bond acceptors (Lipinski definition) is 5. The van der Waals surface area contributed by atoms with Gasteiger partial charge in [0.25, 0.3) is 0 Å². The van der Waals surface area contributed by atoms with E-state index < -0.39 is 29.5 Å². The highest BCUT2D eigenvalue weighted by atomic mass is 16.6. The summed E-state index contributed by atoms with van der Waals surface area (Å²) in [7, 11) is 0. The van der Waals surface area contributed by atoms with Crippen LogP contribution in [0.4, 0.5) is 5.69 Å². The molecule has 2 fully saturated rings. The maximum atomic E-state index is 13.0. The molecule has 4 atom stereocenters. The first-order chi connectivity index (χ1) is 11.4. The zero-order valence-corrected chi connectivity index (χ0v) is 13.4. The Balaban J connectivity index is 1.72. The summed E-state index contributed by atoms with van der Waals surface area (Å²) in [5.74, 6) is -2.20. The molecule has 0 aliphatic carbocycles. The fourth-order valence-electron chi connectivity index (χ4n) is 3.93. The van der Waals surface area contributed by atoms with Crippen molar-refractivity contribution in [1.29, 1.82) is 0 Å². The van der Waals surface area contributed by atoms with Crippen LogP contribution in [0.25, 0.3) is 0 Å². The SMILES string of the molecule is CC(=O)OC[C@@]12C=C[C@H](O1)[C@@H]1C(=O)N(c3ccccc3C)C(=O)[C@H]12. The molecule has 124 valence electrons. The minimum Gasteiger partial charge on any atom is -0.462 e. The van der Waals surface area contributed by atoms with Gasteiger partial charge >= 0.3 is 5.97 Å². The maximum absolute atomic E-state index is 13.0. The quantitative estimate of drug-likeness (QED) is 0.476. The number of para-hydroxylation sites is 1. The Morgan fingerprint density at radius 2 is 2.04 bits per heavy atom. The van der Waals surface area contributed by atoms with Crippen molar-refractivity contribution in [3.63, 3.8) is 0 Å². The van der Waals surface area contributed by atoms with Gasteiger partial charge in [-0.2, -0.15) is 0 Å². The highest BCUT2D eigenvalue weighted by Crippen LogP contribution is 2.52. The molecule has 0 spiro atoms. The number of esters is 1. The minimum absolute atomic E-state index is 0.0584. The zero-order chi connectivity index (χ0) is 17.1. The molecule has 2 saturated heterocycles. The summed E-state index contributed by atoms with van der Waals surface area (Å²) in [6.07, 6.45) is 3.10. The van der Waals surface area contributed by atoms with Gasteiger partial charge in [-0.15, -0.1) is 0 Å². The molecule has 2 amide bonds. The lowest BCUT2D eigenvalue weighted by Crippen LogP contribution is -2.44. The normalized spacial score (nSPS) is 33.2. The summed E-state index contributed by atoms with van der Waals surface area (Å²) in [6, 6.07) is 7.29. The molecule has 24 heavy (non-hydrogen) atoms. The molecule has 0 aromatic heterocycles. The fourth-order valence-corrected chi connectivity index (χ4v) is 3.93. The second-order valence-corrected chi connectivity index (χ2v) is 6.48. The van der Waals surface area contributed by atoms with Crippen molar-refractivity contribution in [3.05, 3.63) is 42.0 Å². The third-order valence-electron chi connectivity index (χ3n) is 5.01. The van der Waals surface area contributed by atoms with Gasteiger partial charge in [-0.05, 0) is 24.6 Å². The number of hydrogen-bond donors (Lipinski definition) is 0. The number of carbonyl (C=O) groups is 3. The van der Waals surface area contributed by atoms with E-state index in [4.69, 9.17) is 9.47 Å². The molecule has 1 aromatic carbocycles. The van der Waals surface area contributed by atoms with Gasteiger partial charge in [0.15, 0.2) is 0 Å². The van der Waals surface area contributed by atoms with E-state index in [0.29, 0.717) is 5.69 Å². The van der Waals surface area contributed by atoms with Crippen LogP contribution in [0.3, 0.4) is 0 Å². The first-order valence-electron chi connectivity index (χ1n) is 7.88. The topological polar surface area (TPSA) is 72.9 Å². The second-order valence-electron chi connectivity index (χ2n) is 6.48. The van der Waals surface area contributed by atoms with E-state index in [9.17, 15) is 14.4 Å². The van der Waals surface area contributed by atoms with Gasteiger partial charge in [-0.1, -0.05) is 24.3 Å². The van der Waals surface area contributed by atoms with Crippen LogP contribution < -0.4 is 4.90 Å². The first kappa shape index (κ1) is 15.1. The van der Waals surface area contributed by atoms with Gasteiger partial charge in [-0.25, -0.2) is 4.90 Å². The van der Waals surface area contributed by atoms with Crippen molar-refractivity contribution in [2.24, 2.45) is 11.8 Å². The molecule has 1 aromatic rings. The molecule has 3 aliphatic rings. The molecule has 4 rings (SSSR count). The number of rotatable bonds is 3. The Kier molecular flexibility index (Phi) is 3.15. The molecule has 0 radical (unpaired) electrons. The number of anilines is 1. The average Bonchev–Trinajstić information content (AvgIpc) is 3.18. The van der Waals surface area contributed by atoms with E-state index in [2.05, 4.69) is 0 Å². The molecular weight excluding hydrogens is 310 g/mol. The smallest absolute Gasteiger partial charge is 0.302 e. The van der Waals surface area contributed by atoms with Crippen molar-refractivity contribution >= 4 is 23.5 Å². The van der Waals surface area contributed by atoms with Crippen molar-refractivity contribution in [1.82, 2.24) is 0 Å². The predicted molar refractivity (Wildman–Crippen MR) is 84.0 cm³/mol. The van der Waals surface area contributed by atoms with Crippen LogP contribution in [-0.2, 0) is 23.9 Å². The molecular formula is C18H17NO5. The molecule has 6 nitrogen and oxygen atoms in total. The lowest BCUT2D eigenvalue weighted by Gasteiger charge is -2.28. The molecule has 0 unspecified atom stereocenters. The molecule has 0 saturated carbocycles. The number of carbonyl (C=O) groups excluding carboxylic acids is 3. The van der Waals surface area contributed by atoms with E-state index in [-0.39, 0.29) is 18.4 Å². The molecule has 2 bridgehead atoms. The minimum atomic E-state index is -1.04. The largest absolute Gasteiger partial charge is 0.462 e. The van der Waals surface area contributed by atoms with Crippen LogP contribution in [0.15, 0.2) is 36.4 Å². The maximum Gasteiger partial charge on any atom is 0.302 e. The summed E-state index contributed by atoms with van der Waals surface area (Å²) in [5, 5.41) is 0. The Labute approximate surface area is 139 Å². The van der Waals surface area contributed by atoms with E-state index in [1.807, 2.05) is 19.1 Å². The zero-order valence-electron chi connectivity index (χ0n) is 13.4. The number of aryl methyl sites for hydroxylation is 1. The van der Waals surface area contributed by atoms with Gasteiger partial charge in [0, 0.05) is 6.92 Å². The Bertz CT molecular complexity index is 785. The van der Waals surface area contributed by atoms with Crippen molar-refractivity contribution in [2.45, 2.75) is 25.6 Å². The highest BCUT2D eigenvalue weighted by Gasteiger charge is 2.68. The molecule has 6 heteroatoms. The Hall–Kier alpha value is -2.47. The monoisotopic (exact) mass is 327 g/mol. The second kappa shape index (κ2) is 5.01. The molecule has 0 N–H and O–H groups in total. The van der Waals surface area contributed by atoms with E-state index in [1.54, 1.807) is 24.3 Å². The fraction of sp³-hybridized carbons (Fsp3) is 0.389. The summed E-state index contributed by atoms with van der Waals surface area (Å²) >= 11 is 0. The average molecular weight is 327 g/mol.